The van der Waals surface area contributed by atoms with E-state index < -0.39 is 9.84 Å². The van der Waals surface area contributed by atoms with Gasteiger partial charge >= 0.3 is 0 Å². The molecule has 0 aromatic heterocycles. The van der Waals surface area contributed by atoms with Crippen molar-refractivity contribution < 1.29 is 8.42 Å². The Bertz CT molecular complexity index is 393. The zero-order chi connectivity index (χ0) is 14.6. The van der Waals surface area contributed by atoms with Crippen LogP contribution < -0.4 is 5.32 Å². The number of sulfone groups is 1. The quantitative estimate of drug-likeness (QED) is 0.811. The Labute approximate surface area is 124 Å². The van der Waals surface area contributed by atoms with Gasteiger partial charge in [-0.1, -0.05) is 39.0 Å². The molecular formula is C16H31NO2S. The van der Waals surface area contributed by atoms with E-state index in [-0.39, 0.29) is 5.25 Å². The fourth-order valence-electron chi connectivity index (χ4n) is 4.30. The molecule has 2 aliphatic carbocycles. The molecule has 20 heavy (non-hydrogen) atoms. The van der Waals surface area contributed by atoms with E-state index in [0.717, 1.165) is 31.7 Å². The van der Waals surface area contributed by atoms with Gasteiger partial charge in [-0.3, -0.25) is 0 Å². The van der Waals surface area contributed by atoms with Crippen LogP contribution in [0.2, 0.25) is 0 Å². The Balaban J connectivity index is 1.98. The lowest BCUT2D eigenvalue weighted by Crippen LogP contribution is -2.35. The van der Waals surface area contributed by atoms with Crippen LogP contribution in [0.4, 0.5) is 0 Å². The van der Waals surface area contributed by atoms with Crippen molar-refractivity contribution in [2.45, 2.75) is 76.0 Å². The summed E-state index contributed by atoms with van der Waals surface area (Å²) in [6.45, 7) is 3.23. The molecule has 0 amide bonds. The number of hydrogen-bond donors (Lipinski definition) is 1. The van der Waals surface area contributed by atoms with Crippen LogP contribution in [0.3, 0.4) is 0 Å². The van der Waals surface area contributed by atoms with Crippen LogP contribution in [0.25, 0.3) is 0 Å². The summed E-state index contributed by atoms with van der Waals surface area (Å²) in [7, 11) is -2.85. The van der Waals surface area contributed by atoms with Gasteiger partial charge in [0.05, 0.1) is 5.25 Å². The molecule has 1 N–H and O–H groups in total. The number of hydrogen-bond acceptors (Lipinski definition) is 3. The van der Waals surface area contributed by atoms with Gasteiger partial charge in [0, 0.05) is 12.3 Å². The highest BCUT2D eigenvalue weighted by atomic mass is 32.2. The summed E-state index contributed by atoms with van der Waals surface area (Å²) in [6.07, 6.45) is 12.1. The van der Waals surface area contributed by atoms with Gasteiger partial charge in [0.2, 0.25) is 0 Å². The first kappa shape index (κ1) is 16.3. The predicted molar refractivity (Wildman–Crippen MR) is 84.6 cm³/mol. The molecule has 4 atom stereocenters. The van der Waals surface area contributed by atoms with Gasteiger partial charge in [-0.15, -0.1) is 0 Å². The Morgan fingerprint density at radius 1 is 0.950 bits per heavy atom. The smallest absolute Gasteiger partial charge is 0.150 e. The minimum absolute atomic E-state index is 0.0675. The van der Waals surface area contributed by atoms with Crippen molar-refractivity contribution in [3.63, 3.8) is 0 Å². The molecule has 0 saturated heterocycles. The molecule has 118 valence electrons. The average molecular weight is 301 g/mol. The monoisotopic (exact) mass is 301 g/mol. The van der Waals surface area contributed by atoms with Crippen molar-refractivity contribution in [1.29, 1.82) is 0 Å². The third-order valence-corrected chi connectivity index (χ3v) is 7.04. The van der Waals surface area contributed by atoms with E-state index in [1.165, 1.54) is 44.8 Å². The lowest BCUT2D eigenvalue weighted by molar-refractivity contribution is 0.216. The molecule has 0 heterocycles. The number of nitrogens with one attached hydrogen (secondary N) is 1. The van der Waals surface area contributed by atoms with E-state index in [1.807, 2.05) is 0 Å². The molecule has 2 fully saturated rings. The van der Waals surface area contributed by atoms with E-state index in [2.05, 4.69) is 12.2 Å². The summed E-state index contributed by atoms with van der Waals surface area (Å²) in [4.78, 5) is 0. The molecular weight excluding hydrogens is 270 g/mol. The minimum atomic E-state index is -2.85. The summed E-state index contributed by atoms with van der Waals surface area (Å²) in [6, 6.07) is 0.658. The lowest BCUT2D eigenvalue weighted by atomic mass is 9.76. The van der Waals surface area contributed by atoms with Gasteiger partial charge in [-0.25, -0.2) is 8.42 Å². The third kappa shape index (κ3) is 4.45. The van der Waals surface area contributed by atoms with E-state index in [4.69, 9.17) is 0 Å². The standard InChI is InChI=1S/C16H31NO2S/c1-3-17-15-9-5-4-7-13(11-15)14-8-6-10-16(12-14)20(2,18)19/h13-17H,3-12H2,1-2H3. The number of rotatable bonds is 4. The van der Waals surface area contributed by atoms with Crippen LogP contribution in [0, 0.1) is 11.8 Å². The SMILES string of the molecule is CCNC1CCCCC(C2CCCC(S(C)(=O)=O)C2)C1. The maximum absolute atomic E-state index is 11.8. The van der Waals surface area contributed by atoms with Gasteiger partial charge in [0.15, 0.2) is 0 Å². The van der Waals surface area contributed by atoms with Crippen LogP contribution in [0.5, 0.6) is 0 Å². The maximum atomic E-state index is 11.8. The van der Waals surface area contributed by atoms with Crippen LogP contribution in [0.1, 0.15) is 64.7 Å². The van der Waals surface area contributed by atoms with Gasteiger partial charge in [0.25, 0.3) is 0 Å². The normalized spacial score (nSPS) is 36.5. The van der Waals surface area contributed by atoms with E-state index in [1.54, 1.807) is 0 Å². The molecule has 3 nitrogen and oxygen atoms in total. The highest BCUT2D eigenvalue weighted by molar-refractivity contribution is 7.91. The summed E-state index contributed by atoms with van der Waals surface area (Å²) < 4.78 is 23.7. The van der Waals surface area contributed by atoms with Crippen molar-refractivity contribution in [2.75, 3.05) is 12.8 Å². The van der Waals surface area contributed by atoms with Crippen LogP contribution in [-0.4, -0.2) is 32.5 Å². The van der Waals surface area contributed by atoms with Crippen LogP contribution in [0.15, 0.2) is 0 Å². The maximum Gasteiger partial charge on any atom is 0.150 e. The van der Waals surface area contributed by atoms with Crippen molar-refractivity contribution >= 4 is 9.84 Å². The van der Waals surface area contributed by atoms with Crippen molar-refractivity contribution in [3.05, 3.63) is 0 Å². The Morgan fingerprint density at radius 3 is 2.30 bits per heavy atom. The Morgan fingerprint density at radius 2 is 1.60 bits per heavy atom. The second-order valence-electron chi connectivity index (χ2n) is 6.91. The Kier molecular flexibility index (Phi) is 5.91. The average Bonchev–Trinajstić information content (AvgIpc) is 2.64. The molecule has 0 bridgehead atoms. The second-order valence-corrected chi connectivity index (χ2v) is 9.24. The second kappa shape index (κ2) is 7.26. The molecule has 2 saturated carbocycles. The van der Waals surface area contributed by atoms with E-state index in [0.29, 0.717) is 12.0 Å². The topological polar surface area (TPSA) is 46.2 Å². The molecule has 0 spiro atoms. The van der Waals surface area contributed by atoms with Crippen molar-refractivity contribution in [3.8, 4) is 0 Å². The highest BCUT2D eigenvalue weighted by Gasteiger charge is 2.34. The van der Waals surface area contributed by atoms with Gasteiger partial charge in [0.1, 0.15) is 9.84 Å². The third-order valence-electron chi connectivity index (χ3n) is 5.40. The molecule has 0 aromatic rings. The molecule has 0 aliphatic heterocycles. The van der Waals surface area contributed by atoms with Crippen molar-refractivity contribution in [1.82, 2.24) is 5.32 Å². The molecule has 4 heteroatoms. The molecule has 4 unspecified atom stereocenters. The zero-order valence-electron chi connectivity index (χ0n) is 13.1. The highest BCUT2D eigenvalue weighted by Crippen LogP contribution is 2.39. The van der Waals surface area contributed by atoms with Crippen molar-refractivity contribution in [2.24, 2.45) is 11.8 Å². The van der Waals surface area contributed by atoms with E-state index >= 15 is 0 Å². The van der Waals surface area contributed by atoms with Crippen LogP contribution >= 0.6 is 0 Å². The summed E-state index contributed by atoms with van der Waals surface area (Å²) in [5.41, 5.74) is 0. The lowest BCUT2D eigenvalue weighted by Gasteiger charge is -2.34. The first-order valence-electron chi connectivity index (χ1n) is 8.43. The largest absolute Gasteiger partial charge is 0.314 e. The summed E-state index contributed by atoms with van der Waals surface area (Å²) in [5.74, 6) is 1.38. The minimum Gasteiger partial charge on any atom is -0.314 e. The van der Waals surface area contributed by atoms with E-state index in [9.17, 15) is 8.42 Å². The molecule has 2 rings (SSSR count). The first-order chi connectivity index (χ1) is 9.50. The van der Waals surface area contributed by atoms with Crippen LogP contribution in [-0.2, 0) is 9.84 Å². The molecule has 0 aromatic carbocycles. The van der Waals surface area contributed by atoms with Gasteiger partial charge < -0.3 is 5.32 Å². The Hall–Kier alpha value is -0.0900. The van der Waals surface area contributed by atoms with Gasteiger partial charge in [-0.05, 0) is 44.1 Å². The van der Waals surface area contributed by atoms with Gasteiger partial charge in [-0.2, -0.15) is 0 Å². The molecule has 0 radical (unpaired) electrons. The summed E-state index contributed by atoms with van der Waals surface area (Å²) in [5, 5.41) is 3.55. The zero-order valence-corrected chi connectivity index (χ0v) is 13.9. The predicted octanol–water partition coefficient (Wildman–Crippen LogP) is 3.15. The first-order valence-corrected chi connectivity index (χ1v) is 10.4. The fourth-order valence-corrected chi connectivity index (χ4v) is 5.49. The summed E-state index contributed by atoms with van der Waals surface area (Å²) >= 11 is 0. The molecule has 2 aliphatic rings. The fraction of sp³-hybridized carbons (Fsp3) is 1.00.